The van der Waals surface area contributed by atoms with Crippen molar-refractivity contribution < 1.29 is 0 Å². The van der Waals surface area contributed by atoms with Crippen LogP contribution in [0.3, 0.4) is 0 Å². The minimum Gasteiger partial charge on any atom is -0.371 e. The van der Waals surface area contributed by atoms with Crippen molar-refractivity contribution in [1.29, 1.82) is 0 Å². The topological polar surface area (TPSA) is 15.3 Å². The van der Waals surface area contributed by atoms with Gasteiger partial charge < -0.3 is 10.2 Å². The van der Waals surface area contributed by atoms with Gasteiger partial charge in [0.2, 0.25) is 0 Å². The van der Waals surface area contributed by atoms with Gasteiger partial charge in [-0.05, 0) is 24.1 Å². The average Bonchev–Trinajstić information content (AvgIpc) is 2.23. The molecular formula is C13H20N2. The molecule has 0 amide bonds. The summed E-state index contributed by atoms with van der Waals surface area (Å²) in [5.74, 6) is 0.859. The quantitative estimate of drug-likeness (QED) is 0.809. The molecule has 0 aromatic heterocycles. The van der Waals surface area contributed by atoms with Gasteiger partial charge in [0, 0.05) is 25.3 Å². The van der Waals surface area contributed by atoms with Gasteiger partial charge in [0.15, 0.2) is 0 Å². The Morgan fingerprint density at radius 2 is 2.07 bits per heavy atom. The standard InChI is InChI=1S/C13H20N2/c1-3-14-8-12-6-4-5-7-13(12)15-9-11(2)10-15/h4-7,11,14H,3,8-10H2,1-2H3. The molecule has 82 valence electrons. The predicted molar refractivity (Wildman–Crippen MR) is 65.2 cm³/mol. The Kier molecular flexibility index (Phi) is 3.27. The van der Waals surface area contributed by atoms with Gasteiger partial charge in [-0.1, -0.05) is 32.0 Å². The van der Waals surface area contributed by atoms with Gasteiger partial charge in [0.25, 0.3) is 0 Å². The maximum atomic E-state index is 3.39. The second-order valence-corrected chi connectivity index (χ2v) is 4.42. The highest BCUT2D eigenvalue weighted by Gasteiger charge is 2.23. The van der Waals surface area contributed by atoms with Crippen molar-refractivity contribution in [3.63, 3.8) is 0 Å². The van der Waals surface area contributed by atoms with Crippen molar-refractivity contribution in [2.24, 2.45) is 5.92 Å². The minimum atomic E-state index is 0.859. The molecular weight excluding hydrogens is 184 g/mol. The molecule has 0 spiro atoms. The van der Waals surface area contributed by atoms with E-state index < -0.39 is 0 Å². The zero-order valence-corrected chi connectivity index (χ0v) is 9.66. The lowest BCUT2D eigenvalue weighted by Crippen LogP contribution is -2.45. The fraction of sp³-hybridized carbons (Fsp3) is 0.538. The number of hydrogen-bond donors (Lipinski definition) is 1. The van der Waals surface area contributed by atoms with E-state index in [0.717, 1.165) is 19.0 Å². The van der Waals surface area contributed by atoms with E-state index in [1.165, 1.54) is 24.3 Å². The summed E-state index contributed by atoms with van der Waals surface area (Å²) in [5.41, 5.74) is 2.84. The van der Waals surface area contributed by atoms with Gasteiger partial charge in [-0.3, -0.25) is 0 Å². The molecule has 0 atom stereocenters. The summed E-state index contributed by atoms with van der Waals surface area (Å²) in [6, 6.07) is 8.71. The lowest BCUT2D eigenvalue weighted by atomic mass is 10.00. The van der Waals surface area contributed by atoms with Crippen LogP contribution in [-0.4, -0.2) is 19.6 Å². The number of nitrogens with zero attached hydrogens (tertiary/aromatic N) is 1. The molecule has 0 aliphatic carbocycles. The first-order valence-corrected chi connectivity index (χ1v) is 5.85. The number of anilines is 1. The Morgan fingerprint density at radius 1 is 1.33 bits per heavy atom. The molecule has 0 bridgehead atoms. The third-order valence-corrected chi connectivity index (χ3v) is 2.96. The molecule has 1 saturated heterocycles. The van der Waals surface area contributed by atoms with E-state index in [4.69, 9.17) is 0 Å². The van der Waals surface area contributed by atoms with Gasteiger partial charge in [0.1, 0.15) is 0 Å². The van der Waals surface area contributed by atoms with Crippen LogP contribution in [0.4, 0.5) is 5.69 Å². The second-order valence-electron chi connectivity index (χ2n) is 4.42. The van der Waals surface area contributed by atoms with Crippen molar-refractivity contribution in [1.82, 2.24) is 5.32 Å². The Hall–Kier alpha value is -1.02. The molecule has 1 aliphatic rings. The van der Waals surface area contributed by atoms with E-state index >= 15 is 0 Å². The summed E-state index contributed by atoms with van der Waals surface area (Å²) in [4.78, 5) is 2.47. The second kappa shape index (κ2) is 4.67. The van der Waals surface area contributed by atoms with Crippen LogP contribution in [0.25, 0.3) is 0 Å². The van der Waals surface area contributed by atoms with Crippen molar-refractivity contribution >= 4 is 5.69 Å². The number of nitrogens with one attached hydrogen (secondary N) is 1. The zero-order valence-electron chi connectivity index (χ0n) is 9.66. The molecule has 1 fully saturated rings. The molecule has 0 radical (unpaired) electrons. The lowest BCUT2D eigenvalue weighted by Gasteiger charge is -2.40. The molecule has 15 heavy (non-hydrogen) atoms. The third kappa shape index (κ3) is 2.32. The number of hydrogen-bond acceptors (Lipinski definition) is 2. The summed E-state index contributed by atoms with van der Waals surface area (Å²) in [5, 5.41) is 3.39. The van der Waals surface area contributed by atoms with Crippen LogP contribution >= 0.6 is 0 Å². The lowest BCUT2D eigenvalue weighted by molar-refractivity contribution is 0.445. The zero-order chi connectivity index (χ0) is 10.7. The molecule has 2 nitrogen and oxygen atoms in total. The number of benzene rings is 1. The van der Waals surface area contributed by atoms with Crippen LogP contribution < -0.4 is 10.2 Å². The molecule has 0 saturated carbocycles. The largest absolute Gasteiger partial charge is 0.371 e. The summed E-state index contributed by atoms with van der Waals surface area (Å²) in [6.07, 6.45) is 0. The molecule has 2 heteroatoms. The molecule has 2 rings (SSSR count). The van der Waals surface area contributed by atoms with E-state index in [1.807, 2.05) is 0 Å². The van der Waals surface area contributed by atoms with Gasteiger partial charge in [0.05, 0.1) is 0 Å². The fourth-order valence-electron chi connectivity index (χ4n) is 2.12. The molecule has 1 aliphatic heterocycles. The van der Waals surface area contributed by atoms with Crippen molar-refractivity contribution in [3.8, 4) is 0 Å². The summed E-state index contributed by atoms with van der Waals surface area (Å²) >= 11 is 0. The van der Waals surface area contributed by atoms with E-state index in [2.05, 4.69) is 48.3 Å². The highest BCUT2D eigenvalue weighted by Crippen LogP contribution is 2.27. The van der Waals surface area contributed by atoms with Crippen LogP contribution in [0.15, 0.2) is 24.3 Å². The average molecular weight is 204 g/mol. The van der Waals surface area contributed by atoms with Gasteiger partial charge in [-0.15, -0.1) is 0 Å². The number of para-hydroxylation sites is 1. The highest BCUT2D eigenvalue weighted by molar-refractivity contribution is 5.55. The minimum absolute atomic E-state index is 0.859. The van der Waals surface area contributed by atoms with Crippen molar-refractivity contribution in [2.75, 3.05) is 24.5 Å². The molecule has 1 aromatic carbocycles. The monoisotopic (exact) mass is 204 g/mol. The Bertz CT molecular complexity index is 316. The summed E-state index contributed by atoms with van der Waals surface area (Å²) in [7, 11) is 0. The van der Waals surface area contributed by atoms with Gasteiger partial charge in [-0.25, -0.2) is 0 Å². The first-order chi connectivity index (χ1) is 7.31. The van der Waals surface area contributed by atoms with Crippen LogP contribution in [-0.2, 0) is 6.54 Å². The molecule has 1 aromatic rings. The molecule has 0 unspecified atom stereocenters. The van der Waals surface area contributed by atoms with E-state index in [1.54, 1.807) is 0 Å². The Balaban J connectivity index is 2.08. The van der Waals surface area contributed by atoms with Crippen LogP contribution in [0.5, 0.6) is 0 Å². The third-order valence-electron chi connectivity index (χ3n) is 2.96. The van der Waals surface area contributed by atoms with E-state index in [9.17, 15) is 0 Å². The highest BCUT2D eigenvalue weighted by atomic mass is 15.2. The van der Waals surface area contributed by atoms with Crippen LogP contribution in [0.1, 0.15) is 19.4 Å². The van der Waals surface area contributed by atoms with Crippen molar-refractivity contribution in [2.45, 2.75) is 20.4 Å². The van der Waals surface area contributed by atoms with Crippen LogP contribution in [0.2, 0.25) is 0 Å². The van der Waals surface area contributed by atoms with Gasteiger partial charge >= 0.3 is 0 Å². The molecule has 1 heterocycles. The summed E-state index contributed by atoms with van der Waals surface area (Å²) in [6.45, 7) is 8.90. The summed E-state index contributed by atoms with van der Waals surface area (Å²) < 4.78 is 0. The first-order valence-electron chi connectivity index (χ1n) is 5.85. The van der Waals surface area contributed by atoms with E-state index in [0.29, 0.717) is 0 Å². The first kappa shape index (κ1) is 10.5. The van der Waals surface area contributed by atoms with Gasteiger partial charge in [-0.2, -0.15) is 0 Å². The smallest absolute Gasteiger partial charge is 0.0412 e. The number of rotatable bonds is 4. The maximum absolute atomic E-state index is 3.39. The van der Waals surface area contributed by atoms with E-state index in [-0.39, 0.29) is 0 Å². The Morgan fingerprint density at radius 3 is 2.73 bits per heavy atom. The maximum Gasteiger partial charge on any atom is 0.0412 e. The predicted octanol–water partition coefficient (Wildman–Crippen LogP) is 2.25. The normalized spacial score (nSPS) is 16.5. The SMILES string of the molecule is CCNCc1ccccc1N1CC(C)C1. The fourth-order valence-corrected chi connectivity index (χ4v) is 2.12. The molecule has 1 N–H and O–H groups in total. The van der Waals surface area contributed by atoms with Crippen LogP contribution in [0, 0.1) is 5.92 Å². The Labute approximate surface area is 92.3 Å². The van der Waals surface area contributed by atoms with Crippen molar-refractivity contribution in [3.05, 3.63) is 29.8 Å².